The molecular weight excluding hydrogens is 361 g/mol. The minimum absolute atomic E-state index is 0.0345. The Balaban J connectivity index is 2.04. The fourth-order valence-electron chi connectivity index (χ4n) is 2.44. The van der Waals surface area contributed by atoms with Crippen LogP contribution in [0.15, 0.2) is 6.07 Å². The van der Waals surface area contributed by atoms with Crippen LogP contribution in [0.4, 0.5) is 23.8 Å². The number of alkyl halides is 3. The molecule has 0 unspecified atom stereocenters. The van der Waals surface area contributed by atoms with Crippen LogP contribution < -0.4 is 5.32 Å². The van der Waals surface area contributed by atoms with Gasteiger partial charge in [-0.15, -0.1) is 10.2 Å². The van der Waals surface area contributed by atoms with Crippen molar-refractivity contribution in [2.45, 2.75) is 51.4 Å². The van der Waals surface area contributed by atoms with Gasteiger partial charge in [0.15, 0.2) is 5.15 Å². The zero-order valence-corrected chi connectivity index (χ0v) is 14.9. The van der Waals surface area contributed by atoms with Gasteiger partial charge in [0.2, 0.25) is 0 Å². The van der Waals surface area contributed by atoms with Gasteiger partial charge in [-0.05, 0) is 39.7 Å². The highest BCUT2D eigenvalue weighted by atomic mass is 35.5. The number of nitrogens with zero attached hydrogens (tertiary/aromatic N) is 3. The lowest BCUT2D eigenvalue weighted by atomic mass is 10.1. The Hall–Kier alpha value is -1.77. The second-order valence-corrected chi connectivity index (χ2v) is 7.20. The highest BCUT2D eigenvalue weighted by Crippen LogP contribution is 2.34. The van der Waals surface area contributed by atoms with Crippen LogP contribution in [-0.4, -0.2) is 45.9 Å². The first-order valence-electron chi connectivity index (χ1n) is 7.80. The number of hydrogen-bond donors (Lipinski definition) is 1. The number of piperidine rings is 1. The summed E-state index contributed by atoms with van der Waals surface area (Å²) in [4.78, 5) is 13.7. The molecule has 1 aromatic rings. The largest absolute Gasteiger partial charge is 0.444 e. The molecule has 2 heterocycles. The van der Waals surface area contributed by atoms with Crippen LogP contribution in [0.3, 0.4) is 0 Å². The lowest BCUT2D eigenvalue weighted by molar-refractivity contribution is -0.137. The van der Waals surface area contributed by atoms with Gasteiger partial charge in [0.25, 0.3) is 0 Å². The molecule has 140 valence electrons. The summed E-state index contributed by atoms with van der Waals surface area (Å²) in [5, 5.41) is 9.18. The number of amides is 1. The second kappa shape index (κ2) is 7.23. The molecule has 1 aromatic heterocycles. The van der Waals surface area contributed by atoms with E-state index in [2.05, 4.69) is 15.5 Å². The number of nitrogens with one attached hydrogen (secondary N) is 1. The third kappa shape index (κ3) is 5.62. The number of anilines is 1. The molecule has 0 bridgehead atoms. The van der Waals surface area contributed by atoms with Crippen molar-refractivity contribution >= 4 is 23.5 Å². The maximum atomic E-state index is 12.9. The second-order valence-electron chi connectivity index (χ2n) is 6.84. The maximum absolute atomic E-state index is 12.9. The van der Waals surface area contributed by atoms with Gasteiger partial charge in [0.1, 0.15) is 11.4 Å². The number of ether oxygens (including phenoxy) is 1. The summed E-state index contributed by atoms with van der Waals surface area (Å²) >= 11 is 5.46. The van der Waals surface area contributed by atoms with Crippen molar-refractivity contribution in [2.24, 2.45) is 0 Å². The van der Waals surface area contributed by atoms with Gasteiger partial charge in [-0.25, -0.2) is 4.79 Å². The number of halogens is 4. The average Bonchev–Trinajstić information content (AvgIpc) is 2.47. The van der Waals surface area contributed by atoms with Crippen molar-refractivity contribution in [3.8, 4) is 0 Å². The van der Waals surface area contributed by atoms with E-state index in [1.54, 1.807) is 20.8 Å². The lowest BCUT2D eigenvalue weighted by Gasteiger charge is -2.34. The summed E-state index contributed by atoms with van der Waals surface area (Å²) in [7, 11) is 0. The summed E-state index contributed by atoms with van der Waals surface area (Å²) in [6, 6.07) is 0.569. The molecule has 1 fully saturated rings. The summed E-state index contributed by atoms with van der Waals surface area (Å²) in [5.41, 5.74) is -1.66. The van der Waals surface area contributed by atoms with E-state index in [1.807, 2.05) is 0 Å². The molecule has 2 rings (SSSR count). The van der Waals surface area contributed by atoms with E-state index in [1.165, 1.54) is 4.90 Å². The molecule has 1 aliphatic heterocycles. The standard InChI is InChI=1S/C15H20ClF3N4O2/c1-14(2,3)25-13(24)23-6-4-5-9(8-23)20-11-7-10(15(17,18)19)12(16)22-21-11/h7,9H,4-6,8H2,1-3H3,(H,20,21)/t9-/m1/s1. The van der Waals surface area contributed by atoms with Crippen LogP contribution in [-0.2, 0) is 10.9 Å². The highest BCUT2D eigenvalue weighted by molar-refractivity contribution is 6.30. The first-order chi connectivity index (χ1) is 11.5. The Labute approximate surface area is 148 Å². The number of carbonyl (C=O) groups is 1. The van der Waals surface area contributed by atoms with Crippen molar-refractivity contribution < 1.29 is 22.7 Å². The van der Waals surface area contributed by atoms with Gasteiger partial charge in [0, 0.05) is 19.1 Å². The van der Waals surface area contributed by atoms with E-state index in [9.17, 15) is 18.0 Å². The van der Waals surface area contributed by atoms with Crippen molar-refractivity contribution in [1.82, 2.24) is 15.1 Å². The van der Waals surface area contributed by atoms with Crippen LogP contribution >= 0.6 is 11.6 Å². The quantitative estimate of drug-likeness (QED) is 0.841. The minimum atomic E-state index is -4.61. The topological polar surface area (TPSA) is 67.3 Å². The van der Waals surface area contributed by atoms with Crippen LogP contribution in [0.2, 0.25) is 5.15 Å². The molecule has 25 heavy (non-hydrogen) atoms. The smallest absolute Gasteiger partial charge is 0.419 e. The first-order valence-corrected chi connectivity index (χ1v) is 8.18. The number of hydrogen-bond acceptors (Lipinski definition) is 5. The van der Waals surface area contributed by atoms with E-state index in [4.69, 9.17) is 16.3 Å². The zero-order valence-electron chi connectivity index (χ0n) is 14.2. The molecule has 6 nitrogen and oxygen atoms in total. The molecule has 1 saturated heterocycles. The minimum Gasteiger partial charge on any atom is -0.444 e. The zero-order chi connectivity index (χ0) is 18.8. The van der Waals surface area contributed by atoms with E-state index in [0.717, 1.165) is 6.07 Å². The predicted molar refractivity (Wildman–Crippen MR) is 86.5 cm³/mol. The Morgan fingerprint density at radius 3 is 2.64 bits per heavy atom. The monoisotopic (exact) mass is 380 g/mol. The fraction of sp³-hybridized carbons (Fsp3) is 0.667. The Morgan fingerprint density at radius 2 is 2.04 bits per heavy atom. The molecule has 1 aliphatic rings. The lowest BCUT2D eigenvalue weighted by Crippen LogP contribution is -2.47. The van der Waals surface area contributed by atoms with Gasteiger partial charge >= 0.3 is 12.3 Å². The average molecular weight is 381 g/mol. The van der Waals surface area contributed by atoms with Crippen LogP contribution in [0.1, 0.15) is 39.2 Å². The highest BCUT2D eigenvalue weighted by Gasteiger charge is 2.35. The molecule has 1 atom stereocenters. The molecule has 0 saturated carbocycles. The summed E-state index contributed by atoms with van der Waals surface area (Å²) < 4.78 is 44.0. The molecule has 0 aromatic carbocycles. The molecule has 0 aliphatic carbocycles. The van der Waals surface area contributed by atoms with E-state index < -0.39 is 28.6 Å². The first kappa shape index (κ1) is 19.6. The summed E-state index contributed by atoms with van der Waals surface area (Å²) in [5.74, 6) is -0.0345. The van der Waals surface area contributed by atoms with Crippen molar-refractivity contribution in [3.63, 3.8) is 0 Å². The molecule has 0 spiro atoms. The van der Waals surface area contributed by atoms with Crippen LogP contribution in [0, 0.1) is 0 Å². The molecule has 1 N–H and O–H groups in total. The number of carbonyl (C=O) groups excluding carboxylic acids is 1. The van der Waals surface area contributed by atoms with E-state index in [0.29, 0.717) is 25.9 Å². The third-order valence-electron chi connectivity index (χ3n) is 3.48. The predicted octanol–water partition coefficient (Wildman–Crippen LogP) is 3.96. The van der Waals surface area contributed by atoms with Crippen LogP contribution in [0.5, 0.6) is 0 Å². The normalized spacial score (nSPS) is 18.8. The van der Waals surface area contributed by atoms with Gasteiger partial charge in [-0.2, -0.15) is 13.2 Å². The third-order valence-corrected chi connectivity index (χ3v) is 3.76. The van der Waals surface area contributed by atoms with E-state index in [-0.39, 0.29) is 11.9 Å². The SMILES string of the molecule is CC(C)(C)OC(=O)N1CCC[C@@H](Nc2cc(C(F)(F)F)c(Cl)nn2)C1. The Kier molecular flexibility index (Phi) is 5.65. The Bertz CT molecular complexity index is 634. The van der Waals surface area contributed by atoms with Gasteiger partial charge in [-0.3, -0.25) is 0 Å². The van der Waals surface area contributed by atoms with Gasteiger partial charge < -0.3 is 15.0 Å². The molecule has 0 radical (unpaired) electrons. The summed E-state index contributed by atoms with van der Waals surface area (Å²) in [6.45, 7) is 6.15. The van der Waals surface area contributed by atoms with Gasteiger partial charge in [-0.1, -0.05) is 11.6 Å². The molecule has 10 heteroatoms. The Morgan fingerprint density at radius 1 is 1.36 bits per heavy atom. The molecule has 1 amide bonds. The summed E-state index contributed by atoms with van der Waals surface area (Å²) in [6.07, 6.45) is -3.68. The van der Waals surface area contributed by atoms with E-state index >= 15 is 0 Å². The van der Waals surface area contributed by atoms with Crippen LogP contribution in [0.25, 0.3) is 0 Å². The number of likely N-dealkylation sites (tertiary alicyclic amines) is 1. The number of aromatic nitrogens is 2. The molecular formula is C15H20ClF3N4O2. The fourth-order valence-corrected chi connectivity index (χ4v) is 2.64. The number of rotatable bonds is 2. The van der Waals surface area contributed by atoms with Crippen molar-refractivity contribution in [3.05, 3.63) is 16.8 Å². The maximum Gasteiger partial charge on any atom is 0.419 e. The van der Waals surface area contributed by atoms with Gasteiger partial charge in [0.05, 0.1) is 5.56 Å². The van der Waals surface area contributed by atoms with Crippen molar-refractivity contribution in [1.29, 1.82) is 0 Å². The van der Waals surface area contributed by atoms with Crippen molar-refractivity contribution in [2.75, 3.05) is 18.4 Å².